The summed E-state index contributed by atoms with van der Waals surface area (Å²) in [6.07, 6.45) is 3.70. The number of nitriles is 1. The number of sulfone groups is 2. The molecular formula is C20H22N2O4S2. The minimum Gasteiger partial charge on any atom is -0.366 e. The van der Waals surface area contributed by atoms with E-state index in [9.17, 15) is 22.1 Å². The Morgan fingerprint density at radius 1 is 1.04 bits per heavy atom. The van der Waals surface area contributed by atoms with Crippen LogP contribution in [0, 0.1) is 11.3 Å². The van der Waals surface area contributed by atoms with E-state index in [4.69, 9.17) is 0 Å². The van der Waals surface area contributed by atoms with Gasteiger partial charge in [0.05, 0.1) is 27.5 Å². The van der Waals surface area contributed by atoms with E-state index in [0.29, 0.717) is 12.2 Å². The van der Waals surface area contributed by atoms with E-state index in [-0.39, 0.29) is 15.8 Å². The summed E-state index contributed by atoms with van der Waals surface area (Å²) in [6, 6.07) is 15.8. The van der Waals surface area contributed by atoms with Crippen molar-refractivity contribution in [2.75, 3.05) is 24.0 Å². The predicted octanol–water partition coefficient (Wildman–Crippen LogP) is 2.77. The Labute approximate surface area is 166 Å². The summed E-state index contributed by atoms with van der Waals surface area (Å²) < 4.78 is 48.6. The van der Waals surface area contributed by atoms with Crippen molar-refractivity contribution in [2.45, 2.75) is 34.6 Å². The quantitative estimate of drug-likeness (QED) is 0.741. The fourth-order valence-corrected chi connectivity index (χ4v) is 5.37. The second-order valence-electron chi connectivity index (χ2n) is 7.09. The Balaban J connectivity index is 2.10. The summed E-state index contributed by atoms with van der Waals surface area (Å²) in [6.45, 7) is 0.608. The van der Waals surface area contributed by atoms with Gasteiger partial charge in [-0.2, -0.15) is 5.26 Å². The third kappa shape index (κ3) is 4.05. The molecule has 0 amide bonds. The molecule has 0 aliphatic carbocycles. The molecule has 28 heavy (non-hydrogen) atoms. The third-order valence-electron chi connectivity index (χ3n) is 5.05. The van der Waals surface area contributed by atoms with Crippen LogP contribution in [0.2, 0.25) is 0 Å². The fourth-order valence-electron chi connectivity index (χ4n) is 3.74. The molecule has 0 bridgehead atoms. The molecule has 0 saturated carbocycles. The molecule has 2 aromatic rings. The van der Waals surface area contributed by atoms with Gasteiger partial charge in [0.2, 0.25) is 0 Å². The molecule has 1 heterocycles. The van der Waals surface area contributed by atoms with Gasteiger partial charge in [-0.3, -0.25) is 0 Å². The van der Waals surface area contributed by atoms with Gasteiger partial charge in [-0.25, -0.2) is 16.8 Å². The first kappa shape index (κ1) is 20.4. The van der Waals surface area contributed by atoms with Gasteiger partial charge in [-0.15, -0.1) is 0 Å². The van der Waals surface area contributed by atoms with Crippen LogP contribution in [0.5, 0.6) is 0 Å². The van der Waals surface area contributed by atoms with Crippen LogP contribution >= 0.6 is 0 Å². The van der Waals surface area contributed by atoms with Gasteiger partial charge in [0, 0.05) is 25.1 Å². The van der Waals surface area contributed by atoms with Crippen molar-refractivity contribution in [3.63, 3.8) is 0 Å². The summed E-state index contributed by atoms with van der Waals surface area (Å²) >= 11 is 0. The summed E-state index contributed by atoms with van der Waals surface area (Å²) in [5.74, 6) is -0.411. The molecule has 1 fully saturated rings. The number of nitrogens with zero attached hydrogens (tertiary/aromatic N) is 2. The van der Waals surface area contributed by atoms with Crippen molar-refractivity contribution in [2.24, 2.45) is 0 Å². The smallest absolute Gasteiger partial charge is 0.177 e. The lowest BCUT2D eigenvalue weighted by Gasteiger charge is -2.31. The number of rotatable bonds is 5. The van der Waals surface area contributed by atoms with Gasteiger partial charge in [-0.05, 0) is 36.6 Å². The average Bonchev–Trinajstić information content (AvgIpc) is 3.10. The van der Waals surface area contributed by atoms with Crippen LogP contribution < -0.4 is 4.90 Å². The highest BCUT2D eigenvalue weighted by Gasteiger charge is 2.35. The first-order chi connectivity index (χ1) is 13.1. The van der Waals surface area contributed by atoms with Crippen LogP contribution in [0.3, 0.4) is 0 Å². The zero-order valence-corrected chi connectivity index (χ0v) is 17.4. The molecule has 3 rings (SSSR count). The van der Waals surface area contributed by atoms with E-state index < -0.39 is 25.6 Å². The Morgan fingerprint density at radius 2 is 1.71 bits per heavy atom. The lowest BCUT2D eigenvalue weighted by molar-refractivity contribution is 0.594. The largest absolute Gasteiger partial charge is 0.366 e. The Morgan fingerprint density at radius 3 is 2.29 bits per heavy atom. The Hall–Kier alpha value is -2.37. The molecule has 1 aliphatic rings. The standard InChI is InChI=1S/C20H22N2O4S2/c1-27(23,24)16-10-11-19(20(13-16)28(2,25)26)22-12-6-9-18(22)17(14-21)15-7-4-3-5-8-15/h3-5,7-8,10-11,13,17-18H,6,9,12H2,1-2H3. The van der Waals surface area contributed by atoms with Crippen LogP contribution in [0.15, 0.2) is 58.3 Å². The number of anilines is 1. The zero-order valence-electron chi connectivity index (χ0n) is 15.7. The van der Waals surface area contributed by atoms with Crippen molar-refractivity contribution in [1.29, 1.82) is 5.26 Å². The summed E-state index contributed by atoms with van der Waals surface area (Å²) in [4.78, 5) is 1.88. The zero-order chi connectivity index (χ0) is 20.5. The van der Waals surface area contributed by atoms with Crippen molar-refractivity contribution in [1.82, 2.24) is 0 Å². The molecule has 2 aromatic carbocycles. The second kappa shape index (κ2) is 7.57. The van der Waals surface area contributed by atoms with Crippen molar-refractivity contribution in [3.8, 4) is 6.07 Å². The van der Waals surface area contributed by atoms with E-state index in [0.717, 1.165) is 30.9 Å². The number of hydrogen-bond donors (Lipinski definition) is 0. The monoisotopic (exact) mass is 418 g/mol. The van der Waals surface area contributed by atoms with Gasteiger partial charge >= 0.3 is 0 Å². The maximum Gasteiger partial charge on any atom is 0.177 e. The molecule has 6 nitrogen and oxygen atoms in total. The van der Waals surface area contributed by atoms with Gasteiger partial charge in [-0.1, -0.05) is 30.3 Å². The highest BCUT2D eigenvalue weighted by atomic mass is 32.2. The van der Waals surface area contributed by atoms with E-state index in [2.05, 4.69) is 6.07 Å². The normalized spacial score (nSPS) is 18.6. The third-order valence-corrected chi connectivity index (χ3v) is 7.29. The molecule has 1 aliphatic heterocycles. The van der Waals surface area contributed by atoms with E-state index >= 15 is 0 Å². The molecule has 8 heteroatoms. The molecule has 0 aromatic heterocycles. The minimum atomic E-state index is -3.66. The Kier molecular flexibility index (Phi) is 5.50. The van der Waals surface area contributed by atoms with Crippen LogP contribution in [0.1, 0.15) is 24.3 Å². The SMILES string of the molecule is CS(=O)(=O)c1ccc(N2CCCC2C(C#N)c2ccccc2)c(S(C)(=O)=O)c1. The van der Waals surface area contributed by atoms with Crippen molar-refractivity contribution >= 4 is 25.4 Å². The van der Waals surface area contributed by atoms with Gasteiger partial charge < -0.3 is 4.90 Å². The molecule has 1 saturated heterocycles. The highest BCUT2D eigenvalue weighted by molar-refractivity contribution is 7.91. The summed E-state index contributed by atoms with van der Waals surface area (Å²) in [5, 5.41) is 9.81. The van der Waals surface area contributed by atoms with Crippen LogP contribution in [0.4, 0.5) is 5.69 Å². The maximum absolute atomic E-state index is 12.4. The fraction of sp³-hybridized carbons (Fsp3) is 0.350. The Bertz CT molecular complexity index is 1120. The van der Waals surface area contributed by atoms with Crippen LogP contribution in [-0.2, 0) is 19.7 Å². The molecule has 148 valence electrons. The lowest BCUT2D eigenvalue weighted by Crippen LogP contribution is -2.35. The molecule has 2 atom stereocenters. The first-order valence-electron chi connectivity index (χ1n) is 8.88. The maximum atomic E-state index is 12.4. The van der Waals surface area contributed by atoms with Crippen molar-refractivity contribution in [3.05, 3.63) is 54.1 Å². The van der Waals surface area contributed by atoms with Gasteiger partial charge in [0.25, 0.3) is 0 Å². The lowest BCUT2D eigenvalue weighted by atomic mass is 9.91. The molecule has 2 unspecified atom stereocenters. The highest BCUT2D eigenvalue weighted by Crippen LogP contribution is 2.38. The molecular weight excluding hydrogens is 396 g/mol. The van der Waals surface area contributed by atoms with Crippen LogP contribution in [0.25, 0.3) is 0 Å². The van der Waals surface area contributed by atoms with E-state index in [1.807, 2.05) is 35.2 Å². The van der Waals surface area contributed by atoms with Crippen LogP contribution in [-0.4, -0.2) is 41.9 Å². The number of benzene rings is 2. The predicted molar refractivity (Wildman–Crippen MR) is 108 cm³/mol. The topological polar surface area (TPSA) is 95.3 Å². The summed E-state index contributed by atoms with van der Waals surface area (Å²) in [7, 11) is -7.20. The van der Waals surface area contributed by atoms with Gasteiger partial charge in [0.15, 0.2) is 19.7 Å². The summed E-state index contributed by atoms with van der Waals surface area (Å²) in [5.41, 5.74) is 1.34. The molecule has 0 radical (unpaired) electrons. The molecule has 0 spiro atoms. The van der Waals surface area contributed by atoms with Crippen molar-refractivity contribution < 1.29 is 16.8 Å². The van der Waals surface area contributed by atoms with Gasteiger partial charge in [0.1, 0.15) is 0 Å². The first-order valence-corrected chi connectivity index (χ1v) is 12.7. The average molecular weight is 419 g/mol. The number of hydrogen-bond acceptors (Lipinski definition) is 6. The van der Waals surface area contributed by atoms with E-state index in [1.54, 1.807) is 6.07 Å². The van der Waals surface area contributed by atoms with E-state index in [1.165, 1.54) is 12.1 Å². The minimum absolute atomic E-state index is 0.0212. The second-order valence-corrected chi connectivity index (χ2v) is 11.1. The molecule has 0 N–H and O–H groups in total.